The summed E-state index contributed by atoms with van der Waals surface area (Å²) in [5, 5.41) is 0.743. The van der Waals surface area contributed by atoms with E-state index in [1.165, 1.54) is 0 Å². The lowest BCUT2D eigenvalue weighted by Gasteiger charge is -2.00. The Kier molecular flexibility index (Phi) is 2.15. The molecule has 0 saturated heterocycles. The van der Waals surface area contributed by atoms with Crippen molar-refractivity contribution in [2.45, 2.75) is 0 Å². The predicted octanol–water partition coefficient (Wildman–Crippen LogP) is 3.58. The van der Waals surface area contributed by atoms with E-state index >= 15 is 0 Å². The van der Waals surface area contributed by atoms with Gasteiger partial charge in [0.05, 0.1) is 10.8 Å². The van der Waals surface area contributed by atoms with Crippen LogP contribution in [0, 0.1) is 0 Å². The standard InChI is InChI=1S/C14H6O3S2/c15-13-7-5-11-12(6-8(7)14(16)17-13)19-10-4-2-1-3-9(10)18-11/h1-6H. The topological polar surface area (TPSA) is 47.3 Å². The van der Waals surface area contributed by atoms with Crippen LogP contribution < -0.4 is 11.3 Å². The summed E-state index contributed by atoms with van der Waals surface area (Å²) >= 11 is 3.22. The maximum Gasteiger partial charge on any atom is 0.346 e. The fourth-order valence-electron chi connectivity index (χ4n) is 2.11. The minimum Gasteiger partial charge on any atom is -0.386 e. The van der Waals surface area contributed by atoms with Crippen molar-refractivity contribution in [3.63, 3.8) is 0 Å². The number of hydrogen-bond acceptors (Lipinski definition) is 5. The molecule has 0 atom stereocenters. The Morgan fingerprint density at radius 2 is 1.21 bits per heavy atom. The zero-order chi connectivity index (χ0) is 13.0. The number of fused-ring (bicyclic) bond motifs is 3. The SMILES string of the molecule is O=c1oc(=O)c2cc3sc4ccccc4sc3cc12. The molecule has 2 aromatic heterocycles. The van der Waals surface area contributed by atoms with E-state index in [4.69, 9.17) is 0 Å². The van der Waals surface area contributed by atoms with E-state index in [1.54, 1.807) is 34.8 Å². The van der Waals surface area contributed by atoms with Crippen molar-refractivity contribution in [2.24, 2.45) is 0 Å². The third kappa shape index (κ3) is 1.55. The summed E-state index contributed by atoms with van der Waals surface area (Å²) in [6.07, 6.45) is 0. The monoisotopic (exact) mass is 286 g/mol. The van der Waals surface area contributed by atoms with Gasteiger partial charge in [-0.2, -0.15) is 0 Å². The number of benzene rings is 2. The normalized spacial score (nSPS) is 11.6. The minimum absolute atomic E-state index is 0.372. The van der Waals surface area contributed by atoms with Gasteiger partial charge in [-0.15, -0.1) is 22.7 Å². The molecule has 4 aromatic rings. The van der Waals surface area contributed by atoms with Crippen LogP contribution in [-0.2, 0) is 0 Å². The van der Waals surface area contributed by atoms with Gasteiger partial charge >= 0.3 is 11.3 Å². The van der Waals surface area contributed by atoms with Crippen LogP contribution in [0.5, 0.6) is 0 Å². The van der Waals surface area contributed by atoms with Gasteiger partial charge in [0.1, 0.15) is 0 Å². The predicted molar refractivity (Wildman–Crippen MR) is 79.5 cm³/mol. The first-order valence-corrected chi connectivity index (χ1v) is 7.25. The molecule has 5 heteroatoms. The van der Waals surface area contributed by atoms with Gasteiger partial charge in [0, 0.05) is 18.8 Å². The fraction of sp³-hybridized carbons (Fsp3) is 0. The first-order valence-electron chi connectivity index (χ1n) is 5.62. The van der Waals surface area contributed by atoms with Crippen LogP contribution in [0.2, 0.25) is 0 Å². The quantitative estimate of drug-likeness (QED) is 0.464. The molecule has 0 aliphatic rings. The smallest absolute Gasteiger partial charge is 0.346 e. The van der Waals surface area contributed by atoms with Crippen molar-refractivity contribution >= 4 is 52.2 Å². The molecule has 0 amide bonds. The summed E-state index contributed by atoms with van der Waals surface area (Å²) in [5.74, 6) is 0. The maximum absolute atomic E-state index is 11.5. The zero-order valence-corrected chi connectivity index (χ0v) is 11.1. The molecule has 2 heterocycles. The van der Waals surface area contributed by atoms with E-state index in [9.17, 15) is 9.59 Å². The first-order chi connectivity index (χ1) is 9.22. The highest BCUT2D eigenvalue weighted by atomic mass is 32.1. The van der Waals surface area contributed by atoms with Crippen LogP contribution >= 0.6 is 22.7 Å². The molecule has 0 fully saturated rings. The van der Waals surface area contributed by atoms with Crippen molar-refractivity contribution in [3.8, 4) is 0 Å². The summed E-state index contributed by atoms with van der Waals surface area (Å²) in [6.45, 7) is 0. The van der Waals surface area contributed by atoms with E-state index in [1.807, 2.05) is 24.3 Å². The third-order valence-corrected chi connectivity index (χ3v) is 5.52. The molecule has 0 aliphatic heterocycles. The summed E-state index contributed by atoms with van der Waals surface area (Å²) in [7, 11) is 0. The van der Waals surface area contributed by atoms with Gasteiger partial charge in [0.25, 0.3) is 0 Å². The van der Waals surface area contributed by atoms with Gasteiger partial charge in [-0.3, -0.25) is 0 Å². The molecule has 0 bridgehead atoms. The summed E-state index contributed by atoms with van der Waals surface area (Å²) < 4.78 is 8.95. The van der Waals surface area contributed by atoms with Gasteiger partial charge in [0.15, 0.2) is 0 Å². The molecule has 0 aliphatic carbocycles. The van der Waals surface area contributed by atoms with E-state index in [0.717, 1.165) is 18.8 Å². The summed E-state index contributed by atoms with van der Waals surface area (Å²) in [5.41, 5.74) is -1.10. The Hall–Kier alpha value is -1.98. The highest BCUT2D eigenvalue weighted by Gasteiger charge is 2.11. The van der Waals surface area contributed by atoms with Crippen molar-refractivity contribution in [1.29, 1.82) is 0 Å². The van der Waals surface area contributed by atoms with E-state index in [2.05, 4.69) is 4.42 Å². The van der Waals surface area contributed by atoms with Crippen LogP contribution in [-0.4, -0.2) is 0 Å². The molecule has 0 N–H and O–H groups in total. The highest BCUT2D eigenvalue weighted by Crippen LogP contribution is 2.34. The lowest BCUT2D eigenvalue weighted by molar-refractivity contribution is 0.500. The van der Waals surface area contributed by atoms with Crippen molar-refractivity contribution in [3.05, 3.63) is 57.2 Å². The van der Waals surface area contributed by atoms with E-state index < -0.39 is 11.3 Å². The molecule has 3 nitrogen and oxygen atoms in total. The van der Waals surface area contributed by atoms with Crippen LogP contribution in [0.25, 0.3) is 29.6 Å². The molecule has 92 valence electrons. The Labute approximate surface area is 114 Å². The third-order valence-electron chi connectivity index (χ3n) is 3.00. The molecular formula is C14H6O3S2. The molecule has 2 aromatic carbocycles. The van der Waals surface area contributed by atoms with Crippen LogP contribution in [0.4, 0.5) is 0 Å². The van der Waals surface area contributed by atoms with Crippen molar-refractivity contribution in [2.75, 3.05) is 0 Å². The molecular weight excluding hydrogens is 280 g/mol. The van der Waals surface area contributed by atoms with Crippen molar-refractivity contribution in [1.82, 2.24) is 0 Å². The molecule has 4 rings (SSSR count). The minimum atomic E-state index is -0.549. The number of furan rings is 1. The number of hydrogen-bond donors (Lipinski definition) is 0. The summed E-state index contributed by atoms with van der Waals surface area (Å²) in [4.78, 5) is 23.1. The Bertz CT molecular complexity index is 970. The Balaban J connectivity index is 2.27. The highest BCUT2D eigenvalue weighted by molar-refractivity contribution is 7.36. The lowest BCUT2D eigenvalue weighted by atomic mass is 10.2. The van der Waals surface area contributed by atoms with Gasteiger partial charge < -0.3 is 4.42 Å². The maximum atomic E-state index is 11.5. The van der Waals surface area contributed by atoms with Gasteiger partial charge in [-0.05, 0) is 24.3 Å². The molecule has 0 spiro atoms. The Morgan fingerprint density at radius 3 is 1.68 bits per heavy atom. The van der Waals surface area contributed by atoms with Crippen LogP contribution in [0.1, 0.15) is 0 Å². The van der Waals surface area contributed by atoms with Gasteiger partial charge in [-0.25, -0.2) is 9.59 Å². The van der Waals surface area contributed by atoms with E-state index in [0.29, 0.717) is 10.8 Å². The average Bonchev–Trinajstić information content (AvgIpc) is 2.69. The van der Waals surface area contributed by atoms with Crippen LogP contribution in [0.15, 0.2) is 50.4 Å². The fourth-order valence-corrected chi connectivity index (χ4v) is 4.38. The van der Waals surface area contributed by atoms with E-state index in [-0.39, 0.29) is 0 Å². The molecule has 0 saturated carbocycles. The van der Waals surface area contributed by atoms with Gasteiger partial charge in [0.2, 0.25) is 0 Å². The molecule has 0 unspecified atom stereocenters. The second-order valence-corrected chi connectivity index (χ2v) is 6.34. The zero-order valence-electron chi connectivity index (χ0n) is 9.51. The number of rotatable bonds is 0. The Morgan fingerprint density at radius 1 is 0.737 bits per heavy atom. The largest absolute Gasteiger partial charge is 0.386 e. The van der Waals surface area contributed by atoms with Crippen LogP contribution in [0.3, 0.4) is 0 Å². The van der Waals surface area contributed by atoms with Crippen molar-refractivity contribution < 1.29 is 4.42 Å². The summed E-state index contributed by atoms with van der Waals surface area (Å²) in [6, 6.07) is 11.6. The average molecular weight is 286 g/mol. The van der Waals surface area contributed by atoms with Gasteiger partial charge in [-0.1, -0.05) is 12.1 Å². The molecule has 0 radical (unpaired) electrons. The lowest BCUT2D eigenvalue weighted by Crippen LogP contribution is -1.94. The second kappa shape index (κ2) is 3.76. The molecule has 19 heavy (non-hydrogen) atoms. The second-order valence-electron chi connectivity index (χ2n) is 4.17. The first kappa shape index (κ1) is 10.9.